The standard InChI is InChI=1S/C25H27BrN2O4/c1-4-5-15-32-22-21(25(30)31-3)27-23(28(2)24(22)29)20(16-17-9-7-6-8-10-17)18-11-13-19(26)14-12-18/h6-14,20H,4-5,15-16H2,1-3H3. The molecule has 3 rings (SSSR count). The van der Waals surface area contributed by atoms with Crippen molar-refractivity contribution in [2.24, 2.45) is 7.05 Å². The SMILES string of the molecule is CCCCOc1c(C(=O)OC)nc(C(Cc2ccccc2)c2ccc(Br)cc2)n(C)c1=O. The van der Waals surface area contributed by atoms with E-state index in [1.165, 1.54) is 11.7 Å². The Labute approximate surface area is 196 Å². The van der Waals surface area contributed by atoms with Gasteiger partial charge in [0, 0.05) is 17.4 Å². The Balaban J connectivity index is 2.16. The van der Waals surface area contributed by atoms with Gasteiger partial charge in [0.2, 0.25) is 5.75 Å². The summed E-state index contributed by atoms with van der Waals surface area (Å²) in [6, 6.07) is 17.9. The van der Waals surface area contributed by atoms with Gasteiger partial charge in [-0.2, -0.15) is 0 Å². The average molecular weight is 499 g/mol. The number of nitrogens with zero attached hydrogens (tertiary/aromatic N) is 2. The predicted molar refractivity (Wildman–Crippen MR) is 127 cm³/mol. The number of benzene rings is 2. The van der Waals surface area contributed by atoms with Gasteiger partial charge in [-0.25, -0.2) is 9.78 Å². The molecule has 32 heavy (non-hydrogen) atoms. The highest BCUT2D eigenvalue weighted by Crippen LogP contribution is 2.29. The van der Waals surface area contributed by atoms with E-state index < -0.39 is 11.5 Å². The van der Waals surface area contributed by atoms with Crippen LogP contribution in [0, 0.1) is 0 Å². The molecule has 1 unspecified atom stereocenters. The summed E-state index contributed by atoms with van der Waals surface area (Å²) < 4.78 is 13.0. The lowest BCUT2D eigenvalue weighted by molar-refractivity contribution is 0.0587. The van der Waals surface area contributed by atoms with Crippen molar-refractivity contribution >= 4 is 21.9 Å². The molecule has 1 heterocycles. The maximum atomic E-state index is 13.2. The minimum absolute atomic E-state index is 0.0641. The molecule has 6 nitrogen and oxygen atoms in total. The van der Waals surface area contributed by atoms with Crippen molar-refractivity contribution < 1.29 is 14.3 Å². The van der Waals surface area contributed by atoms with E-state index >= 15 is 0 Å². The molecule has 0 aliphatic heterocycles. The quantitative estimate of drug-likeness (QED) is 0.310. The van der Waals surface area contributed by atoms with Crippen LogP contribution < -0.4 is 10.3 Å². The van der Waals surface area contributed by atoms with Gasteiger partial charge in [-0.3, -0.25) is 9.36 Å². The van der Waals surface area contributed by atoms with Gasteiger partial charge in [-0.15, -0.1) is 0 Å². The Hall–Kier alpha value is -2.93. The summed E-state index contributed by atoms with van der Waals surface area (Å²) in [5.74, 6) is -0.531. The second-order valence-corrected chi connectivity index (χ2v) is 8.42. The fourth-order valence-electron chi connectivity index (χ4n) is 3.50. The van der Waals surface area contributed by atoms with Gasteiger partial charge in [-0.05, 0) is 36.1 Å². The summed E-state index contributed by atoms with van der Waals surface area (Å²) in [6.45, 7) is 2.35. The molecule has 0 spiro atoms. The van der Waals surface area contributed by atoms with Gasteiger partial charge in [-0.1, -0.05) is 71.7 Å². The van der Waals surface area contributed by atoms with Crippen LogP contribution in [0.5, 0.6) is 5.75 Å². The van der Waals surface area contributed by atoms with Gasteiger partial charge >= 0.3 is 5.97 Å². The van der Waals surface area contributed by atoms with Crippen molar-refractivity contribution in [1.29, 1.82) is 0 Å². The molecule has 1 aromatic heterocycles. The predicted octanol–water partition coefficient (Wildman–Crippen LogP) is 4.88. The number of esters is 1. The number of unbranched alkanes of at least 4 members (excludes halogenated alkanes) is 1. The highest BCUT2D eigenvalue weighted by atomic mass is 79.9. The maximum absolute atomic E-state index is 13.2. The van der Waals surface area contributed by atoms with E-state index in [2.05, 4.69) is 20.9 Å². The van der Waals surface area contributed by atoms with Crippen LogP contribution in [-0.2, 0) is 18.2 Å². The Morgan fingerprint density at radius 1 is 1.12 bits per heavy atom. The van der Waals surface area contributed by atoms with Crippen molar-refractivity contribution in [3.8, 4) is 5.75 Å². The van der Waals surface area contributed by atoms with Gasteiger partial charge in [0.05, 0.1) is 13.7 Å². The maximum Gasteiger partial charge on any atom is 0.360 e. The number of hydrogen-bond acceptors (Lipinski definition) is 5. The molecule has 1 atom stereocenters. The number of ether oxygens (including phenoxy) is 2. The number of carbonyl (C=O) groups is 1. The van der Waals surface area contributed by atoms with Crippen LogP contribution in [0.15, 0.2) is 63.9 Å². The molecular weight excluding hydrogens is 472 g/mol. The van der Waals surface area contributed by atoms with Crippen molar-refractivity contribution in [2.75, 3.05) is 13.7 Å². The largest absolute Gasteiger partial charge is 0.486 e. The Bertz CT molecular complexity index is 1110. The van der Waals surface area contributed by atoms with E-state index in [4.69, 9.17) is 9.47 Å². The average Bonchev–Trinajstić information content (AvgIpc) is 2.81. The lowest BCUT2D eigenvalue weighted by Crippen LogP contribution is -2.30. The second-order valence-electron chi connectivity index (χ2n) is 7.50. The molecule has 0 saturated heterocycles. The molecule has 0 aliphatic rings. The lowest BCUT2D eigenvalue weighted by atomic mass is 9.91. The molecule has 7 heteroatoms. The molecule has 3 aromatic rings. The Kier molecular flexibility index (Phi) is 8.22. The summed E-state index contributed by atoms with van der Waals surface area (Å²) in [7, 11) is 2.93. The number of rotatable bonds is 9. The van der Waals surface area contributed by atoms with Crippen molar-refractivity contribution in [3.05, 3.63) is 92.1 Å². The number of halogens is 1. The molecule has 2 aromatic carbocycles. The molecule has 0 radical (unpaired) electrons. The summed E-state index contributed by atoms with van der Waals surface area (Å²) in [4.78, 5) is 30.4. The van der Waals surface area contributed by atoms with Crippen LogP contribution >= 0.6 is 15.9 Å². The van der Waals surface area contributed by atoms with Crippen molar-refractivity contribution in [2.45, 2.75) is 32.1 Å². The van der Waals surface area contributed by atoms with Crippen LogP contribution in [0.25, 0.3) is 0 Å². The first-order chi connectivity index (χ1) is 15.5. The van der Waals surface area contributed by atoms with E-state index in [1.54, 1.807) is 7.05 Å². The van der Waals surface area contributed by atoms with Crippen LogP contribution in [0.1, 0.15) is 53.1 Å². The topological polar surface area (TPSA) is 70.4 Å². The van der Waals surface area contributed by atoms with E-state index in [1.807, 2.05) is 61.5 Å². The first-order valence-corrected chi connectivity index (χ1v) is 11.4. The minimum Gasteiger partial charge on any atom is -0.486 e. The summed E-state index contributed by atoms with van der Waals surface area (Å²) >= 11 is 3.47. The lowest BCUT2D eigenvalue weighted by Gasteiger charge is -2.22. The third-order valence-corrected chi connectivity index (χ3v) is 5.80. The van der Waals surface area contributed by atoms with Gasteiger partial charge in [0.1, 0.15) is 5.82 Å². The molecule has 0 saturated carbocycles. The zero-order chi connectivity index (χ0) is 23.1. The van der Waals surface area contributed by atoms with Crippen LogP contribution in [0.4, 0.5) is 0 Å². The third-order valence-electron chi connectivity index (χ3n) is 5.27. The van der Waals surface area contributed by atoms with E-state index in [0.717, 1.165) is 28.4 Å². The van der Waals surface area contributed by atoms with Crippen LogP contribution in [0.3, 0.4) is 0 Å². The van der Waals surface area contributed by atoms with Gasteiger partial charge in [0.15, 0.2) is 5.69 Å². The summed E-state index contributed by atoms with van der Waals surface area (Å²) in [6.07, 6.45) is 2.28. The molecule has 0 aliphatic carbocycles. The fourth-order valence-corrected chi connectivity index (χ4v) is 3.76. The highest BCUT2D eigenvalue weighted by Gasteiger charge is 2.27. The van der Waals surface area contributed by atoms with Crippen LogP contribution in [0.2, 0.25) is 0 Å². The smallest absolute Gasteiger partial charge is 0.360 e. The minimum atomic E-state index is -0.690. The highest BCUT2D eigenvalue weighted by molar-refractivity contribution is 9.10. The number of methoxy groups -OCH3 is 1. The number of carbonyl (C=O) groups excluding carboxylic acids is 1. The fraction of sp³-hybridized carbons (Fsp3) is 0.320. The zero-order valence-electron chi connectivity index (χ0n) is 18.5. The van der Waals surface area contributed by atoms with E-state index in [9.17, 15) is 9.59 Å². The van der Waals surface area contributed by atoms with Crippen molar-refractivity contribution in [3.63, 3.8) is 0 Å². The first kappa shape index (κ1) is 23.7. The third kappa shape index (κ3) is 5.46. The molecule has 168 valence electrons. The first-order valence-electron chi connectivity index (χ1n) is 10.6. The molecule has 0 N–H and O–H groups in total. The molecule has 0 fully saturated rings. The van der Waals surface area contributed by atoms with Crippen molar-refractivity contribution in [1.82, 2.24) is 9.55 Å². The molecular formula is C25H27BrN2O4. The van der Waals surface area contributed by atoms with E-state index in [-0.39, 0.29) is 17.4 Å². The molecule has 0 amide bonds. The number of hydrogen-bond donors (Lipinski definition) is 0. The number of aromatic nitrogens is 2. The molecule has 0 bridgehead atoms. The van der Waals surface area contributed by atoms with Crippen LogP contribution in [-0.4, -0.2) is 29.2 Å². The Morgan fingerprint density at radius 3 is 2.44 bits per heavy atom. The Morgan fingerprint density at radius 2 is 1.81 bits per heavy atom. The van der Waals surface area contributed by atoms with Gasteiger partial charge < -0.3 is 9.47 Å². The van der Waals surface area contributed by atoms with Gasteiger partial charge in [0.25, 0.3) is 5.56 Å². The summed E-state index contributed by atoms with van der Waals surface area (Å²) in [5, 5.41) is 0. The summed E-state index contributed by atoms with van der Waals surface area (Å²) in [5.41, 5.74) is 1.59. The van der Waals surface area contributed by atoms with E-state index in [0.29, 0.717) is 18.9 Å². The normalized spacial score (nSPS) is 11.8. The monoisotopic (exact) mass is 498 g/mol. The second kappa shape index (κ2) is 11.1. The zero-order valence-corrected chi connectivity index (χ0v) is 20.1.